The Labute approximate surface area is 343 Å². The molecule has 1 nitrogen and oxygen atoms in total. The Balaban J connectivity index is 1.02. The van der Waals surface area contributed by atoms with Crippen LogP contribution in [0.3, 0.4) is 0 Å². The largest absolute Gasteiger partial charge is 0.310 e. The SMILES string of the molecule is CCC1(CC)c2cc(/C=C/c3ccc4c(c3)C3C=CC=CC3C(c3ccccc3)=C4c3ccccc3)ccc2-c2ccc(N(c3ccccc3)c3ccccc3)cc21. The highest BCUT2D eigenvalue weighted by Gasteiger charge is 2.41. The van der Waals surface area contributed by atoms with Crippen LogP contribution in [-0.4, -0.2) is 0 Å². The molecule has 280 valence electrons. The van der Waals surface area contributed by atoms with Crippen LogP contribution in [0.15, 0.2) is 200 Å². The van der Waals surface area contributed by atoms with Gasteiger partial charge < -0.3 is 4.90 Å². The number of allylic oxidation sites excluding steroid dienone is 5. The standard InChI is InChI=1S/C57H47N/c1-3-57(4-2)53-38-41(31-34-48(53)49-36-33-46(39-54(49)57)58(44-23-13-7-14-24-44)45-25-15-8-16-26-45)30-29-40-32-35-51-52(37-40)47-27-17-18-28-50(47)55(42-19-9-5-10-20-42)56(51)43-21-11-6-12-22-43/h5-39,47,50H,3-4H2,1-2H3/b30-29+. The molecular formula is C57H47N. The van der Waals surface area contributed by atoms with Crippen molar-refractivity contribution in [3.05, 3.63) is 245 Å². The van der Waals surface area contributed by atoms with Gasteiger partial charge in [0.05, 0.1) is 0 Å². The highest BCUT2D eigenvalue weighted by Crippen LogP contribution is 2.55. The van der Waals surface area contributed by atoms with Crippen LogP contribution in [-0.2, 0) is 5.41 Å². The van der Waals surface area contributed by atoms with Gasteiger partial charge in [0.25, 0.3) is 0 Å². The van der Waals surface area contributed by atoms with Crippen LogP contribution in [0.5, 0.6) is 0 Å². The van der Waals surface area contributed by atoms with Crippen LogP contribution in [0.4, 0.5) is 17.1 Å². The highest BCUT2D eigenvalue weighted by atomic mass is 15.1. The van der Waals surface area contributed by atoms with E-state index in [4.69, 9.17) is 0 Å². The molecule has 0 radical (unpaired) electrons. The van der Waals surface area contributed by atoms with E-state index >= 15 is 0 Å². The van der Waals surface area contributed by atoms with E-state index in [2.05, 4.69) is 231 Å². The summed E-state index contributed by atoms with van der Waals surface area (Å²) in [6, 6.07) is 64.8. The molecule has 0 fully saturated rings. The zero-order chi connectivity index (χ0) is 39.1. The Morgan fingerprint density at radius 1 is 0.466 bits per heavy atom. The average molecular weight is 746 g/mol. The van der Waals surface area contributed by atoms with E-state index in [0.717, 1.165) is 24.2 Å². The molecular weight excluding hydrogens is 699 g/mol. The molecule has 3 aliphatic rings. The molecule has 0 spiro atoms. The zero-order valence-electron chi connectivity index (χ0n) is 33.2. The number of benzene rings is 7. The number of anilines is 3. The van der Waals surface area contributed by atoms with Crippen molar-refractivity contribution in [2.75, 3.05) is 4.90 Å². The van der Waals surface area contributed by atoms with Crippen molar-refractivity contribution >= 4 is 40.4 Å². The summed E-state index contributed by atoms with van der Waals surface area (Å²) < 4.78 is 0. The van der Waals surface area contributed by atoms with Gasteiger partial charge in [-0.05, 0) is 116 Å². The number of para-hydroxylation sites is 2. The quantitative estimate of drug-likeness (QED) is 0.133. The number of hydrogen-bond acceptors (Lipinski definition) is 1. The molecule has 0 saturated carbocycles. The maximum atomic E-state index is 2.47. The first-order valence-electron chi connectivity index (χ1n) is 20.9. The maximum absolute atomic E-state index is 2.47. The minimum absolute atomic E-state index is 0.0676. The van der Waals surface area contributed by atoms with Gasteiger partial charge in [-0.25, -0.2) is 0 Å². The third kappa shape index (κ3) is 6.01. The van der Waals surface area contributed by atoms with Crippen LogP contribution < -0.4 is 4.90 Å². The van der Waals surface area contributed by atoms with Crippen LogP contribution in [0.25, 0.3) is 34.4 Å². The fourth-order valence-electron chi connectivity index (χ4n) is 10.1. The normalized spacial score (nSPS) is 17.1. The lowest BCUT2D eigenvalue weighted by molar-refractivity contribution is 0.490. The summed E-state index contributed by atoms with van der Waals surface area (Å²) in [5.74, 6) is 0.533. The van der Waals surface area contributed by atoms with E-state index in [9.17, 15) is 0 Å². The highest BCUT2D eigenvalue weighted by molar-refractivity contribution is 6.03. The predicted octanol–water partition coefficient (Wildman–Crippen LogP) is 15.2. The minimum Gasteiger partial charge on any atom is -0.310 e. The molecule has 7 aromatic rings. The summed E-state index contributed by atoms with van der Waals surface area (Å²) >= 11 is 0. The number of nitrogens with zero attached hydrogens (tertiary/aromatic N) is 1. The van der Waals surface area contributed by atoms with Gasteiger partial charge in [-0.15, -0.1) is 0 Å². The lowest BCUT2D eigenvalue weighted by Crippen LogP contribution is -2.23. The number of fused-ring (bicyclic) bond motifs is 6. The van der Waals surface area contributed by atoms with Crippen molar-refractivity contribution in [3.8, 4) is 11.1 Å². The van der Waals surface area contributed by atoms with E-state index in [1.165, 1.54) is 72.5 Å². The van der Waals surface area contributed by atoms with Crippen molar-refractivity contribution in [3.63, 3.8) is 0 Å². The first kappa shape index (κ1) is 35.7. The van der Waals surface area contributed by atoms with E-state index in [0.29, 0.717) is 0 Å². The number of hydrogen-bond donors (Lipinski definition) is 0. The summed E-state index contributed by atoms with van der Waals surface area (Å²) in [6.07, 6.45) is 16.0. The van der Waals surface area contributed by atoms with Crippen molar-refractivity contribution < 1.29 is 0 Å². The summed E-state index contributed by atoms with van der Waals surface area (Å²) in [5.41, 5.74) is 19.5. The fourth-order valence-corrected chi connectivity index (χ4v) is 10.1. The van der Waals surface area contributed by atoms with E-state index < -0.39 is 0 Å². The Bertz CT molecular complexity index is 2690. The minimum atomic E-state index is -0.0676. The second-order valence-corrected chi connectivity index (χ2v) is 15.9. The Hall–Kier alpha value is -6.70. The van der Waals surface area contributed by atoms with Gasteiger partial charge in [0.15, 0.2) is 0 Å². The fraction of sp³-hybridized carbons (Fsp3) is 0.123. The van der Waals surface area contributed by atoms with Gasteiger partial charge in [0, 0.05) is 34.3 Å². The Morgan fingerprint density at radius 2 is 0.966 bits per heavy atom. The lowest BCUT2D eigenvalue weighted by atomic mass is 9.67. The first-order valence-corrected chi connectivity index (χ1v) is 20.9. The second kappa shape index (κ2) is 15.0. The van der Waals surface area contributed by atoms with Crippen LogP contribution in [0.1, 0.15) is 77.1 Å². The molecule has 0 N–H and O–H groups in total. The molecule has 3 aliphatic carbocycles. The van der Waals surface area contributed by atoms with Crippen molar-refractivity contribution in [2.45, 2.75) is 38.0 Å². The van der Waals surface area contributed by atoms with Crippen molar-refractivity contribution in [1.82, 2.24) is 0 Å². The van der Waals surface area contributed by atoms with Crippen LogP contribution in [0.2, 0.25) is 0 Å². The van der Waals surface area contributed by atoms with Gasteiger partial charge in [-0.1, -0.05) is 190 Å². The zero-order valence-corrected chi connectivity index (χ0v) is 33.2. The van der Waals surface area contributed by atoms with E-state index in [1.807, 2.05) is 0 Å². The molecule has 0 heterocycles. The molecule has 58 heavy (non-hydrogen) atoms. The van der Waals surface area contributed by atoms with Gasteiger partial charge >= 0.3 is 0 Å². The number of rotatable bonds is 9. The van der Waals surface area contributed by atoms with Gasteiger partial charge in [-0.3, -0.25) is 0 Å². The van der Waals surface area contributed by atoms with Gasteiger partial charge in [0.1, 0.15) is 0 Å². The summed E-state index contributed by atoms with van der Waals surface area (Å²) in [4.78, 5) is 2.38. The molecule has 1 heteroatoms. The first-order chi connectivity index (χ1) is 28.7. The summed E-state index contributed by atoms with van der Waals surface area (Å²) in [5, 5.41) is 0. The smallest absolute Gasteiger partial charge is 0.0465 e. The van der Waals surface area contributed by atoms with Crippen LogP contribution in [0, 0.1) is 5.92 Å². The lowest BCUT2D eigenvalue weighted by Gasteiger charge is -2.36. The topological polar surface area (TPSA) is 3.24 Å². The third-order valence-electron chi connectivity index (χ3n) is 12.9. The Morgan fingerprint density at radius 3 is 1.57 bits per heavy atom. The maximum Gasteiger partial charge on any atom is 0.0465 e. The monoisotopic (exact) mass is 745 g/mol. The summed E-state index contributed by atoms with van der Waals surface area (Å²) in [6.45, 7) is 4.72. The molecule has 10 rings (SSSR count). The average Bonchev–Trinajstić information content (AvgIpc) is 3.57. The molecule has 0 saturated heterocycles. The van der Waals surface area contributed by atoms with Gasteiger partial charge in [0.2, 0.25) is 0 Å². The van der Waals surface area contributed by atoms with Crippen molar-refractivity contribution in [1.29, 1.82) is 0 Å². The van der Waals surface area contributed by atoms with E-state index in [1.54, 1.807) is 0 Å². The van der Waals surface area contributed by atoms with Gasteiger partial charge in [-0.2, -0.15) is 0 Å². The van der Waals surface area contributed by atoms with E-state index in [-0.39, 0.29) is 17.3 Å². The van der Waals surface area contributed by atoms with Crippen LogP contribution >= 0.6 is 0 Å². The predicted molar refractivity (Wildman–Crippen MR) is 247 cm³/mol. The Kier molecular flexibility index (Phi) is 9.23. The molecule has 0 aromatic heterocycles. The molecule has 7 aromatic carbocycles. The third-order valence-corrected chi connectivity index (χ3v) is 12.9. The summed E-state index contributed by atoms with van der Waals surface area (Å²) in [7, 11) is 0. The molecule has 2 unspecified atom stereocenters. The van der Waals surface area contributed by atoms with Crippen molar-refractivity contribution in [2.24, 2.45) is 5.92 Å². The molecule has 0 aliphatic heterocycles. The molecule has 0 amide bonds. The molecule has 0 bridgehead atoms. The molecule has 2 atom stereocenters. The second-order valence-electron chi connectivity index (χ2n) is 15.9.